The summed E-state index contributed by atoms with van der Waals surface area (Å²) in [5.74, 6) is 0. The van der Waals surface area contributed by atoms with E-state index < -0.39 is 0 Å². The summed E-state index contributed by atoms with van der Waals surface area (Å²) < 4.78 is 0. The SMILES string of the molecule is CN(C)c1ccc(Sc2ccc(N3CCCC3)c(-c3cc4ccccc4[nH]3)c2)cc1. The van der Waals surface area contributed by atoms with Crippen LogP contribution in [0.5, 0.6) is 0 Å². The van der Waals surface area contributed by atoms with Gasteiger partial charge in [0.05, 0.1) is 0 Å². The molecule has 30 heavy (non-hydrogen) atoms. The fourth-order valence-corrected chi connectivity index (χ4v) is 5.05. The van der Waals surface area contributed by atoms with E-state index in [-0.39, 0.29) is 0 Å². The molecule has 1 aliphatic rings. The molecule has 1 N–H and O–H groups in total. The second-order valence-electron chi connectivity index (χ2n) is 8.13. The minimum atomic E-state index is 1.14. The number of H-pyrrole nitrogens is 1. The molecule has 0 bridgehead atoms. The summed E-state index contributed by atoms with van der Waals surface area (Å²) in [6.45, 7) is 2.29. The van der Waals surface area contributed by atoms with Crippen molar-refractivity contribution in [2.45, 2.75) is 22.6 Å². The lowest BCUT2D eigenvalue weighted by atomic mass is 10.1. The lowest BCUT2D eigenvalue weighted by Gasteiger charge is -2.22. The summed E-state index contributed by atoms with van der Waals surface area (Å²) in [6.07, 6.45) is 2.56. The summed E-state index contributed by atoms with van der Waals surface area (Å²) in [4.78, 5) is 10.8. The van der Waals surface area contributed by atoms with Crippen LogP contribution in [0.15, 0.2) is 82.6 Å². The number of aromatic nitrogens is 1. The largest absolute Gasteiger partial charge is 0.378 e. The van der Waals surface area contributed by atoms with E-state index in [1.165, 1.54) is 56.2 Å². The first-order chi connectivity index (χ1) is 14.7. The Morgan fingerprint density at radius 1 is 0.833 bits per heavy atom. The van der Waals surface area contributed by atoms with Crippen molar-refractivity contribution in [1.29, 1.82) is 0 Å². The van der Waals surface area contributed by atoms with Crippen LogP contribution >= 0.6 is 11.8 Å². The van der Waals surface area contributed by atoms with Gasteiger partial charge in [-0.3, -0.25) is 0 Å². The number of nitrogens with zero attached hydrogens (tertiary/aromatic N) is 2. The molecule has 0 amide bonds. The van der Waals surface area contributed by atoms with E-state index in [0.717, 1.165) is 13.1 Å². The number of nitrogens with one attached hydrogen (secondary N) is 1. The number of hydrogen-bond acceptors (Lipinski definition) is 3. The van der Waals surface area contributed by atoms with E-state index >= 15 is 0 Å². The minimum absolute atomic E-state index is 1.14. The zero-order chi connectivity index (χ0) is 20.5. The van der Waals surface area contributed by atoms with Crippen molar-refractivity contribution in [2.24, 2.45) is 0 Å². The van der Waals surface area contributed by atoms with Crippen LogP contribution in [-0.4, -0.2) is 32.2 Å². The van der Waals surface area contributed by atoms with E-state index in [0.29, 0.717) is 0 Å². The van der Waals surface area contributed by atoms with Gasteiger partial charge < -0.3 is 14.8 Å². The van der Waals surface area contributed by atoms with Gasteiger partial charge in [0.15, 0.2) is 0 Å². The molecule has 0 spiro atoms. The highest BCUT2D eigenvalue weighted by Gasteiger charge is 2.18. The van der Waals surface area contributed by atoms with Gasteiger partial charge in [0, 0.05) is 70.5 Å². The molecule has 4 aromatic rings. The summed E-state index contributed by atoms with van der Waals surface area (Å²) in [6, 6.07) is 26.5. The van der Waals surface area contributed by atoms with Crippen molar-refractivity contribution < 1.29 is 0 Å². The molecule has 0 unspecified atom stereocenters. The summed E-state index contributed by atoms with van der Waals surface area (Å²) in [5, 5.41) is 1.26. The lowest BCUT2D eigenvalue weighted by molar-refractivity contribution is 0.949. The average molecular weight is 414 g/mol. The number of anilines is 2. The van der Waals surface area contributed by atoms with Gasteiger partial charge >= 0.3 is 0 Å². The van der Waals surface area contributed by atoms with Gasteiger partial charge in [-0.1, -0.05) is 30.0 Å². The highest BCUT2D eigenvalue weighted by atomic mass is 32.2. The summed E-state index contributed by atoms with van der Waals surface area (Å²) in [5.41, 5.74) is 6.25. The van der Waals surface area contributed by atoms with Crippen LogP contribution in [0.1, 0.15) is 12.8 Å². The van der Waals surface area contributed by atoms with Gasteiger partial charge in [0.2, 0.25) is 0 Å². The monoisotopic (exact) mass is 413 g/mol. The van der Waals surface area contributed by atoms with E-state index in [1.807, 2.05) is 11.8 Å². The Kier molecular flexibility index (Phi) is 5.17. The van der Waals surface area contributed by atoms with Crippen LogP contribution in [0, 0.1) is 0 Å². The van der Waals surface area contributed by atoms with E-state index in [2.05, 4.69) is 102 Å². The number of aromatic amines is 1. The third kappa shape index (κ3) is 3.80. The Bertz CT molecular complexity index is 1120. The first kappa shape index (κ1) is 19.1. The standard InChI is InChI=1S/C26H27N3S/c1-28(2)20-9-11-21(12-10-20)30-22-13-14-26(29-15-5-6-16-29)23(18-22)25-17-19-7-3-4-8-24(19)27-25/h3-4,7-14,17-18,27H,5-6,15-16H2,1-2H3. The normalized spacial score (nSPS) is 13.9. The highest BCUT2D eigenvalue weighted by molar-refractivity contribution is 7.99. The average Bonchev–Trinajstić information content (AvgIpc) is 3.44. The zero-order valence-electron chi connectivity index (χ0n) is 17.6. The molecule has 1 aromatic heterocycles. The molecule has 152 valence electrons. The number of rotatable bonds is 5. The quantitative estimate of drug-likeness (QED) is 0.396. The molecule has 4 heteroatoms. The van der Waals surface area contributed by atoms with Crippen molar-refractivity contribution in [3.8, 4) is 11.3 Å². The molecule has 2 heterocycles. The van der Waals surface area contributed by atoms with Crippen molar-refractivity contribution in [2.75, 3.05) is 37.0 Å². The maximum absolute atomic E-state index is 3.65. The smallest absolute Gasteiger partial charge is 0.0486 e. The van der Waals surface area contributed by atoms with Gasteiger partial charge in [0.1, 0.15) is 0 Å². The van der Waals surface area contributed by atoms with Gasteiger partial charge in [0.25, 0.3) is 0 Å². The van der Waals surface area contributed by atoms with Crippen LogP contribution in [0.2, 0.25) is 0 Å². The Labute approximate surface area is 182 Å². The molecule has 1 aliphatic heterocycles. The van der Waals surface area contributed by atoms with Crippen LogP contribution < -0.4 is 9.80 Å². The molecule has 3 nitrogen and oxygen atoms in total. The summed E-state index contributed by atoms with van der Waals surface area (Å²) in [7, 11) is 4.15. The zero-order valence-corrected chi connectivity index (χ0v) is 18.4. The van der Waals surface area contributed by atoms with Crippen molar-refractivity contribution in [1.82, 2.24) is 4.98 Å². The Hall–Kier alpha value is -2.85. The van der Waals surface area contributed by atoms with Gasteiger partial charge in [-0.05, 0) is 67.4 Å². The van der Waals surface area contributed by atoms with E-state index in [1.54, 1.807) is 0 Å². The van der Waals surface area contributed by atoms with Crippen molar-refractivity contribution >= 4 is 34.0 Å². The number of hydrogen-bond donors (Lipinski definition) is 1. The van der Waals surface area contributed by atoms with E-state index in [4.69, 9.17) is 0 Å². The minimum Gasteiger partial charge on any atom is -0.378 e. The molecule has 0 radical (unpaired) electrons. The molecule has 0 atom stereocenters. The molecular weight excluding hydrogens is 386 g/mol. The second kappa shape index (κ2) is 8.11. The van der Waals surface area contributed by atoms with Gasteiger partial charge in [-0.15, -0.1) is 0 Å². The first-order valence-electron chi connectivity index (χ1n) is 10.6. The Morgan fingerprint density at radius 2 is 1.57 bits per heavy atom. The van der Waals surface area contributed by atoms with E-state index in [9.17, 15) is 0 Å². The second-order valence-corrected chi connectivity index (χ2v) is 9.28. The lowest BCUT2D eigenvalue weighted by Crippen LogP contribution is -2.18. The fourth-order valence-electron chi connectivity index (χ4n) is 4.20. The number of benzene rings is 3. The molecule has 5 rings (SSSR count). The molecule has 3 aromatic carbocycles. The maximum Gasteiger partial charge on any atom is 0.0486 e. The first-order valence-corrected chi connectivity index (χ1v) is 11.4. The molecule has 1 saturated heterocycles. The molecule has 0 aliphatic carbocycles. The summed E-state index contributed by atoms with van der Waals surface area (Å²) >= 11 is 1.82. The topological polar surface area (TPSA) is 22.3 Å². The highest BCUT2D eigenvalue weighted by Crippen LogP contribution is 2.39. The molecular formula is C26H27N3S. The third-order valence-corrected chi connectivity index (χ3v) is 6.82. The Balaban J connectivity index is 1.52. The third-order valence-electron chi connectivity index (χ3n) is 5.82. The molecule has 1 fully saturated rings. The predicted octanol–water partition coefficient (Wildman–Crippen LogP) is 6.65. The van der Waals surface area contributed by atoms with Crippen LogP contribution in [0.3, 0.4) is 0 Å². The maximum atomic E-state index is 3.65. The number of para-hydroxylation sites is 1. The molecule has 0 saturated carbocycles. The fraction of sp³-hybridized carbons (Fsp3) is 0.231. The Morgan fingerprint density at radius 3 is 2.30 bits per heavy atom. The predicted molar refractivity (Wildman–Crippen MR) is 130 cm³/mol. The van der Waals surface area contributed by atoms with Crippen LogP contribution in [0.4, 0.5) is 11.4 Å². The van der Waals surface area contributed by atoms with Crippen molar-refractivity contribution in [3.63, 3.8) is 0 Å². The van der Waals surface area contributed by atoms with Gasteiger partial charge in [-0.25, -0.2) is 0 Å². The number of fused-ring (bicyclic) bond motifs is 1. The van der Waals surface area contributed by atoms with Gasteiger partial charge in [-0.2, -0.15) is 0 Å². The van der Waals surface area contributed by atoms with Crippen molar-refractivity contribution in [3.05, 3.63) is 72.8 Å². The van der Waals surface area contributed by atoms with Crippen LogP contribution in [0.25, 0.3) is 22.2 Å². The van der Waals surface area contributed by atoms with Crippen LogP contribution in [-0.2, 0) is 0 Å².